The summed E-state index contributed by atoms with van der Waals surface area (Å²) >= 11 is 0. The highest BCUT2D eigenvalue weighted by atomic mass is 16.5. The second kappa shape index (κ2) is 1.76. The molecule has 0 unspecified atom stereocenters. The van der Waals surface area contributed by atoms with E-state index in [0.29, 0.717) is 11.2 Å². The Labute approximate surface area is 70.3 Å². The van der Waals surface area contributed by atoms with E-state index in [0.717, 1.165) is 19.0 Å². The average Bonchev–Trinajstić information content (AvgIpc) is 2.65. The fraction of sp³-hybridized carbons (Fsp3) is 0.625. The molecule has 0 atom stereocenters. The van der Waals surface area contributed by atoms with Crippen LogP contribution < -0.4 is 10.5 Å². The van der Waals surface area contributed by atoms with Gasteiger partial charge in [0.25, 0.3) is 0 Å². The van der Waals surface area contributed by atoms with Gasteiger partial charge in [-0.05, 0) is 12.8 Å². The van der Waals surface area contributed by atoms with Crippen molar-refractivity contribution >= 4 is 5.82 Å². The Balaban J connectivity index is 2.00. The molecule has 0 saturated heterocycles. The maximum atomic E-state index is 5.56. The fourth-order valence-corrected chi connectivity index (χ4v) is 1.72. The Hall–Kier alpha value is -1.19. The third-order valence-electron chi connectivity index (χ3n) is 2.73. The molecule has 4 heteroatoms. The number of hydrogen-bond acceptors (Lipinski definition) is 3. The van der Waals surface area contributed by atoms with Crippen LogP contribution in [0.4, 0.5) is 5.82 Å². The molecular weight excluding hydrogens is 154 g/mol. The van der Waals surface area contributed by atoms with Gasteiger partial charge in [-0.1, -0.05) is 0 Å². The number of ether oxygens (including phenoxy) is 1. The molecule has 4 nitrogen and oxygen atoms in total. The van der Waals surface area contributed by atoms with Gasteiger partial charge >= 0.3 is 0 Å². The smallest absolute Gasteiger partial charge is 0.213 e. The third kappa shape index (κ3) is 0.748. The number of nitrogens with zero attached hydrogens (tertiary/aromatic N) is 2. The van der Waals surface area contributed by atoms with Crippen molar-refractivity contribution in [2.75, 3.05) is 12.3 Å². The molecule has 1 aromatic heterocycles. The van der Waals surface area contributed by atoms with Gasteiger partial charge in [-0.2, -0.15) is 5.10 Å². The molecule has 3 rings (SSSR count). The Bertz CT molecular complexity index is 327. The van der Waals surface area contributed by atoms with Gasteiger partial charge in [0.2, 0.25) is 5.88 Å². The minimum absolute atomic E-state index is 0.408. The van der Waals surface area contributed by atoms with Crippen molar-refractivity contribution in [2.45, 2.75) is 19.4 Å². The zero-order valence-corrected chi connectivity index (χ0v) is 6.79. The van der Waals surface area contributed by atoms with E-state index >= 15 is 0 Å². The van der Waals surface area contributed by atoms with Crippen LogP contribution in [-0.4, -0.2) is 16.4 Å². The van der Waals surface area contributed by atoms with Crippen molar-refractivity contribution in [3.8, 4) is 5.88 Å². The molecule has 1 aliphatic heterocycles. The minimum Gasteiger partial charge on any atom is -0.477 e. The van der Waals surface area contributed by atoms with Crippen molar-refractivity contribution in [3.63, 3.8) is 0 Å². The summed E-state index contributed by atoms with van der Waals surface area (Å²) in [6.07, 6.45) is 2.54. The summed E-state index contributed by atoms with van der Waals surface area (Å²) in [5.41, 5.74) is 5.96. The first-order chi connectivity index (χ1) is 5.77. The van der Waals surface area contributed by atoms with Gasteiger partial charge in [0.1, 0.15) is 5.82 Å². The van der Waals surface area contributed by atoms with Gasteiger partial charge < -0.3 is 10.5 Å². The van der Waals surface area contributed by atoms with Gasteiger partial charge in [0.05, 0.1) is 13.2 Å². The van der Waals surface area contributed by atoms with Crippen molar-refractivity contribution in [3.05, 3.63) is 6.07 Å². The van der Waals surface area contributed by atoms with Crippen LogP contribution in [0.25, 0.3) is 0 Å². The molecule has 2 N–H and O–H groups in total. The molecule has 2 heterocycles. The topological polar surface area (TPSA) is 53.1 Å². The maximum Gasteiger partial charge on any atom is 0.213 e. The summed E-state index contributed by atoms with van der Waals surface area (Å²) in [4.78, 5) is 0. The Kier molecular flexibility index (Phi) is 0.929. The summed E-state index contributed by atoms with van der Waals surface area (Å²) in [6.45, 7) is 1.83. The van der Waals surface area contributed by atoms with E-state index in [1.54, 1.807) is 6.07 Å². The molecule has 1 aliphatic carbocycles. The first kappa shape index (κ1) is 6.34. The van der Waals surface area contributed by atoms with Crippen LogP contribution in [0.3, 0.4) is 0 Å². The van der Waals surface area contributed by atoms with E-state index in [9.17, 15) is 0 Å². The van der Waals surface area contributed by atoms with Crippen molar-refractivity contribution < 1.29 is 4.74 Å². The van der Waals surface area contributed by atoms with Crippen molar-refractivity contribution in [2.24, 2.45) is 5.41 Å². The second-order valence-electron chi connectivity index (χ2n) is 3.85. The van der Waals surface area contributed by atoms with E-state index in [4.69, 9.17) is 10.5 Å². The van der Waals surface area contributed by atoms with E-state index in [1.807, 2.05) is 4.68 Å². The van der Waals surface area contributed by atoms with Gasteiger partial charge in [0.15, 0.2) is 0 Å². The average molecular weight is 165 g/mol. The van der Waals surface area contributed by atoms with Crippen LogP contribution in [-0.2, 0) is 6.54 Å². The molecular formula is C8H11N3O. The molecule has 1 spiro atoms. The number of nitrogens with two attached hydrogens (primary N) is 1. The number of rotatable bonds is 0. The van der Waals surface area contributed by atoms with Crippen molar-refractivity contribution in [1.82, 2.24) is 9.78 Å². The summed E-state index contributed by atoms with van der Waals surface area (Å²) in [5.74, 6) is 1.38. The first-order valence-corrected chi connectivity index (χ1v) is 4.24. The summed E-state index contributed by atoms with van der Waals surface area (Å²) in [6, 6.07) is 1.79. The lowest BCUT2D eigenvalue weighted by molar-refractivity contribution is 0.149. The zero-order chi connectivity index (χ0) is 8.18. The lowest BCUT2D eigenvalue weighted by Crippen LogP contribution is -2.26. The highest BCUT2D eigenvalue weighted by Crippen LogP contribution is 2.49. The van der Waals surface area contributed by atoms with Gasteiger partial charge in [-0.3, -0.25) is 0 Å². The van der Waals surface area contributed by atoms with Crippen LogP contribution in [0.15, 0.2) is 6.07 Å². The quantitative estimate of drug-likeness (QED) is 0.613. The van der Waals surface area contributed by atoms with Crippen LogP contribution in [0.1, 0.15) is 12.8 Å². The highest BCUT2D eigenvalue weighted by Gasteiger charge is 2.47. The van der Waals surface area contributed by atoms with Crippen LogP contribution in [0.5, 0.6) is 5.88 Å². The van der Waals surface area contributed by atoms with E-state index < -0.39 is 0 Å². The number of anilines is 1. The Morgan fingerprint density at radius 2 is 2.42 bits per heavy atom. The predicted octanol–water partition coefficient (Wildman–Crippen LogP) is 0.638. The third-order valence-corrected chi connectivity index (χ3v) is 2.73. The number of hydrogen-bond donors (Lipinski definition) is 1. The molecule has 1 aromatic rings. The molecule has 1 fully saturated rings. The Morgan fingerprint density at radius 1 is 1.58 bits per heavy atom. The summed E-state index contributed by atoms with van der Waals surface area (Å²) < 4.78 is 7.42. The van der Waals surface area contributed by atoms with Crippen LogP contribution in [0, 0.1) is 5.41 Å². The Morgan fingerprint density at radius 3 is 3.17 bits per heavy atom. The summed E-state index contributed by atoms with van der Waals surface area (Å²) in [5, 5.41) is 4.16. The highest BCUT2D eigenvalue weighted by molar-refractivity contribution is 5.34. The van der Waals surface area contributed by atoms with Crippen LogP contribution in [0.2, 0.25) is 0 Å². The molecule has 2 aliphatic rings. The van der Waals surface area contributed by atoms with E-state index in [2.05, 4.69) is 5.10 Å². The van der Waals surface area contributed by atoms with Gasteiger partial charge in [-0.15, -0.1) is 0 Å². The number of aromatic nitrogens is 2. The standard InChI is InChI=1S/C8H11N3O/c9-6-3-7-11(10-6)4-8(1-2-8)5-12-7/h3H,1-2,4-5H2,(H2,9,10). The molecule has 0 radical (unpaired) electrons. The molecule has 0 aromatic carbocycles. The SMILES string of the molecule is Nc1cc2n(n1)CC1(CC1)CO2. The van der Waals surface area contributed by atoms with Crippen LogP contribution >= 0.6 is 0 Å². The van der Waals surface area contributed by atoms with E-state index in [-0.39, 0.29) is 0 Å². The molecule has 0 amide bonds. The largest absolute Gasteiger partial charge is 0.477 e. The molecule has 12 heavy (non-hydrogen) atoms. The van der Waals surface area contributed by atoms with E-state index in [1.165, 1.54) is 12.8 Å². The predicted molar refractivity (Wildman–Crippen MR) is 43.8 cm³/mol. The van der Waals surface area contributed by atoms with Gasteiger partial charge in [0, 0.05) is 11.5 Å². The summed E-state index contributed by atoms with van der Waals surface area (Å²) in [7, 11) is 0. The fourth-order valence-electron chi connectivity index (χ4n) is 1.72. The minimum atomic E-state index is 0.408. The number of fused-ring (bicyclic) bond motifs is 1. The lowest BCUT2D eigenvalue weighted by atomic mass is 10.1. The van der Waals surface area contributed by atoms with Gasteiger partial charge in [-0.25, -0.2) is 4.68 Å². The second-order valence-corrected chi connectivity index (χ2v) is 3.85. The molecule has 64 valence electrons. The molecule has 1 saturated carbocycles. The maximum absolute atomic E-state index is 5.56. The first-order valence-electron chi connectivity index (χ1n) is 4.24. The lowest BCUT2D eigenvalue weighted by Gasteiger charge is -2.22. The molecule has 0 bridgehead atoms. The zero-order valence-electron chi connectivity index (χ0n) is 6.79. The van der Waals surface area contributed by atoms with Crippen molar-refractivity contribution in [1.29, 1.82) is 0 Å². The normalized spacial score (nSPS) is 23.3. The number of nitrogen functional groups attached to an aromatic ring is 1. The monoisotopic (exact) mass is 165 g/mol.